The molecule has 0 atom stereocenters. The van der Waals surface area contributed by atoms with Crippen molar-refractivity contribution >= 4 is 5.91 Å². The number of benzene rings is 2. The number of halogens is 2. The molecule has 0 aromatic heterocycles. The molecule has 142 valence electrons. The summed E-state index contributed by atoms with van der Waals surface area (Å²) in [6.45, 7) is 1.46. The Kier molecular flexibility index (Phi) is 4.72. The van der Waals surface area contributed by atoms with Crippen molar-refractivity contribution in [2.24, 2.45) is 0 Å². The summed E-state index contributed by atoms with van der Waals surface area (Å²) in [6.07, 6.45) is 4.01. The molecule has 2 aliphatic rings. The lowest BCUT2D eigenvalue weighted by molar-refractivity contribution is 0.0942. The number of carbonyl (C=O) groups excluding carboxylic acids is 1. The first kappa shape index (κ1) is 17.8. The van der Waals surface area contributed by atoms with Gasteiger partial charge >= 0.3 is 0 Å². The van der Waals surface area contributed by atoms with Gasteiger partial charge in [0, 0.05) is 23.6 Å². The molecule has 27 heavy (non-hydrogen) atoms. The molecule has 0 bridgehead atoms. The van der Waals surface area contributed by atoms with E-state index in [0.29, 0.717) is 19.8 Å². The van der Waals surface area contributed by atoms with Crippen LogP contribution < -0.4 is 14.8 Å². The normalized spacial score (nSPS) is 17.6. The number of carbonyl (C=O) groups is 1. The monoisotopic (exact) mass is 373 g/mol. The number of amides is 1. The van der Waals surface area contributed by atoms with Gasteiger partial charge in [-0.1, -0.05) is 18.9 Å². The van der Waals surface area contributed by atoms with Gasteiger partial charge in [0.15, 0.2) is 11.5 Å². The van der Waals surface area contributed by atoms with Gasteiger partial charge in [-0.3, -0.25) is 4.79 Å². The SMILES string of the molecule is O=C(NCC1(c2ccc3c(c2)OCCO3)CCCC1)c1cc(F)cc(F)c1. The first-order chi connectivity index (χ1) is 13.1. The molecule has 0 saturated heterocycles. The van der Waals surface area contributed by atoms with Crippen molar-refractivity contribution in [3.63, 3.8) is 0 Å². The van der Waals surface area contributed by atoms with Gasteiger partial charge in [-0.05, 0) is 42.7 Å². The lowest BCUT2D eigenvalue weighted by Crippen LogP contribution is -2.39. The molecule has 1 N–H and O–H groups in total. The lowest BCUT2D eigenvalue weighted by atomic mass is 9.78. The van der Waals surface area contributed by atoms with Crippen molar-refractivity contribution in [1.82, 2.24) is 5.32 Å². The van der Waals surface area contributed by atoms with E-state index < -0.39 is 17.5 Å². The average molecular weight is 373 g/mol. The van der Waals surface area contributed by atoms with Crippen molar-refractivity contribution < 1.29 is 23.0 Å². The van der Waals surface area contributed by atoms with E-state index in [1.54, 1.807) is 0 Å². The highest BCUT2D eigenvalue weighted by molar-refractivity contribution is 5.94. The van der Waals surface area contributed by atoms with E-state index in [-0.39, 0.29) is 11.0 Å². The average Bonchev–Trinajstić information content (AvgIpc) is 3.15. The Morgan fingerprint density at radius 1 is 0.963 bits per heavy atom. The summed E-state index contributed by atoms with van der Waals surface area (Å²) < 4.78 is 38.0. The third kappa shape index (κ3) is 3.61. The molecular weight excluding hydrogens is 352 g/mol. The standard InChI is InChI=1S/C21H21F2NO3/c22-16-9-14(10-17(23)12-16)20(25)24-13-21(5-1-2-6-21)15-3-4-18-19(11-15)27-8-7-26-18/h3-4,9-12H,1-2,5-8,13H2,(H,24,25). The zero-order chi connectivity index (χ0) is 18.9. The number of fused-ring (bicyclic) bond motifs is 1. The second-order valence-corrected chi connectivity index (χ2v) is 7.19. The quantitative estimate of drug-likeness (QED) is 0.882. The number of hydrogen-bond acceptors (Lipinski definition) is 3. The molecule has 4 rings (SSSR count). The highest BCUT2D eigenvalue weighted by Crippen LogP contribution is 2.43. The fourth-order valence-electron chi connectivity index (χ4n) is 4.03. The highest BCUT2D eigenvalue weighted by atomic mass is 19.1. The van der Waals surface area contributed by atoms with Crippen LogP contribution in [0.4, 0.5) is 8.78 Å². The molecule has 0 radical (unpaired) electrons. The van der Waals surface area contributed by atoms with Crippen LogP contribution in [0.25, 0.3) is 0 Å². The van der Waals surface area contributed by atoms with Crippen LogP contribution in [-0.4, -0.2) is 25.7 Å². The van der Waals surface area contributed by atoms with E-state index in [9.17, 15) is 13.6 Å². The van der Waals surface area contributed by atoms with Crippen molar-refractivity contribution in [3.05, 3.63) is 59.2 Å². The summed E-state index contributed by atoms with van der Waals surface area (Å²) in [4.78, 5) is 12.4. The topological polar surface area (TPSA) is 47.6 Å². The van der Waals surface area contributed by atoms with Crippen molar-refractivity contribution in [2.75, 3.05) is 19.8 Å². The van der Waals surface area contributed by atoms with E-state index in [1.165, 1.54) is 0 Å². The van der Waals surface area contributed by atoms with Gasteiger partial charge in [-0.2, -0.15) is 0 Å². The Labute approximate surface area is 156 Å². The van der Waals surface area contributed by atoms with Gasteiger partial charge in [-0.25, -0.2) is 8.78 Å². The molecule has 1 fully saturated rings. The number of ether oxygens (including phenoxy) is 2. The fourth-order valence-corrected chi connectivity index (χ4v) is 4.03. The molecule has 1 aliphatic carbocycles. The second kappa shape index (κ2) is 7.18. The van der Waals surface area contributed by atoms with Gasteiger partial charge in [0.05, 0.1) is 0 Å². The van der Waals surface area contributed by atoms with E-state index in [2.05, 4.69) is 5.32 Å². The predicted molar refractivity (Wildman–Crippen MR) is 96.3 cm³/mol. The van der Waals surface area contributed by atoms with Gasteiger partial charge in [0.1, 0.15) is 24.8 Å². The van der Waals surface area contributed by atoms with Gasteiger partial charge in [0.2, 0.25) is 0 Å². The Hall–Kier alpha value is -2.63. The van der Waals surface area contributed by atoms with Crippen LogP contribution in [0.3, 0.4) is 0 Å². The maximum Gasteiger partial charge on any atom is 0.251 e. The van der Waals surface area contributed by atoms with Crippen LogP contribution in [0, 0.1) is 11.6 Å². The van der Waals surface area contributed by atoms with Crippen LogP contribution in [0.15, 0.2) is 36.4 Å². The first-order valence-corrected chi connectivity index (χ1v) is 9.20. The first-order valence-electron chi connectivity index (χ1n) is 9.20. The molecule has 1 aliphatic heterocycles. The van der Waals surface area contributed by atoms with Gasteiger partial charge < -0.3 is 14.8 Å². The minimum Gasteiger partial charge on any atom is -0.486 e. The lowest BCUT2D eigenvalue weighted by Gasteiger charge is -2.31. The van der Waals surface area contributed by atoms with Crippen molar-refractivity contribution in [1.29, 1.82) is 0 Å². The van der Waals surface area contributed by atoms with Crippen LogP contribution in [0.1, 0.15) is 41.6 Å². The third-order valence-electron chi connectivity index (χ3n) is 5.43. The van der Waals surface area contributed by atoms with Crippen molar-refractivity contribution in [2.45, 2.75) is 31.1 Å². The van der Waals surface area contributed by atoms with Crippen LogP contribution in [0.2, 0.25) is 0 Å². The van der Waals surface area contributed by atoms with Gasteiger partial charge in [0.25, 0.3) is 5.91 Å². The minimum absolute atomic E-state index is 0.0113. The molecule has 4 nitrogen and oxygen atoms in total. The zero-order valence-electron chi connectivity index (χ0n) is 14.9. The molecule has 2 aromatic rings. The van der Waals surface area contributed by atoms with E-state index in [1.807, 2.05) is 18.2 Å². The third-order valence-corrected chi connectivity index (χ3v) is 5.43. The van der Waals surface area contributed by atoms with E-state index >= 15 is 0 Å². The fraction of sp³-hybridized carbons (Fsp3) is 0.381. The summed E-state index contributed by atoms with van der Waals surface area (Å²) in [7, 11) is 0. The molecule has 6 heteroatoms. The molecule has 1 amide bonds. The summed E-state index contributed by atoms with van der Waals surface area (Å²) in [5.41, 5.74) is 0.870. The summed E-state index contributed by atoms with van der Waals surface area (Å²) in [6, 6.07) is 8.77. The second-order valence-electron chi connectivity index (χ2n) is 7.19. The van der Waals surface area contributed by atoms with Crippen LogP contribution in [0.5, 0.6) is 11.5 Å². The Bertz CT molecular complexity index is 842. The Morgan fingerprint density at radius 3 is 2.33 bits per heavy atom. The Morgan fingerprint density at radius 2 is 1.63 bits per heavy atom. The minimum atomic E-state index is -0.762. The zero-order valence-corrected chi connectivity index (χ0v) is 14.9. The molecule has 0 unspecified atom stereocenters. The van der Waals surface area contributed by atoms with E-state index in [4.69, 9.17) is 9.47 Å². The van der Waals surface area contributed by atoms with Gasteiger partial charge in [-0.15, -0.1) is 0 Å². The summed E-state index contributed by atoms with van der Waals surface area (Å²) in [5, 5.41) is 2.87. The molecular formula is C21H21F2NO3. The Balaban J connectivity index is 1.55. The summed E-state index contributed by atoms with van der Waals surface area (Å²) in [5.74, 6) is -0.539. The molecule has 2 aromatic carbocycles. The largest absolute Gasteiger partial charge is 0.486 e. The number of nitrogens with one attached hydrogen (secondary N) is 1. The highest BCUT2D eigenvalue weighted by Gasteiger charge is 2.37. The molecule has 1 heterocycles. The molecule has 0 spiro atoms. The predicted octanol–water partition coefficient (Wildman–Crippen LogP) is 3.98. The maximum atomic E-state index is 13.4. The van der Waals surface area contributed by atoms with Crippen LogP contribution in [-0.2, 0) is 5.41 Å². The van der Waals surface area contributed by atoms with Crippen LogP contribution >= 0.6 is 0 Å². The molecule has 1 saturated carbocycles. The number of rotatable bonds is 4. The van der Waals surface area contributed by atoms with E-state index in [0.717, 1.165) is 60.9 Å². The maximum absolute atomic E-state index is 13.4. The van der Waals surface area contributed by atoms with Crippen molar-refractivity contribution in [3.8, 4) is 11.5 Å². The number of hydrogen-bond donors (Lipinski definition) is 1. The summed E-state index contributed by atoms with van der Waals surface area (Å²) >= 11 is 0. The smallest absolute Gasteiger partial charge is 0.251 e.